The molecule has 1 aliphatic rings. The third-order valence-corrected chi connectivity index (χ3v) is 5.24. The van der Waals surface area contributed by atoms with Gasteiger partial charge in [-0.2, -0.15) is 0 Å². The average Bonchev–Trinajstić information content (AvgIpc) is 2.62. The summed E-state index contributed by atoms with van der Waals surface area (Å²) in [5.74, 6) is 0.482. The van der Waals surface area contributed by atoms with Gasteiger partial charge in [0.2, 0.25) is 5.91 Å². The zero-order valence-electron chi connectivity index (χ0n) is 15.5. The summed E-state index contributed by atoms with van der Waals surface area (Å²) in [6.45, 7) is 8.15. The van der Waals surface area contributed by atoms with E-state index in [2.05, 4.69) is 18.7 Å². The molecular weight excluding hydrogens is 336 g/mol. The maximum atomic E-state index is 12.5. The Morgan fingerprint density at radius 2 is 1.76 bits per heavy atom. The Morgan fingerprint density at radius 1 is 1.20 bits per heavy atom. The van der Waals surface area contributed by atoms with Crippen LogP contribution in [0.1, 0.15) is 51.2 Å². The van der Waals surface area contributed by atoms with Gasteiger partial charge in [0, 0.05) is 18.1 Å². The van der Waals surface area contributed by atoms with Gasteiger partial charge in [0.1, 0.15) is 0 Å². The summed E-state index contributed by atoms with van der Waals surface area (Å²) in [5, 5.41) is 11.3. The summed E-state index contributed by atoms with van der Waals surface area (Å²) in [4.78, 5) is 16.7. The summed E-state index contributed by atoms with van der Waals surface area (Å²) in [5.41, 5.74) is 0.927. The Labute approximate surface area is 156 Å². The normalized spacial score (nSPS) is 17.4. The maximum Gasteiger partial charge on any atom is 0.236 e. The highest BCUT2D eigenvalue weighted by Crippen LogP contribution is 2.31. The van der Waals surface area contributed by atoms with Crippen molar-refractivity contribution in [3.8, 4) is 0 Å². The number of benzene rings is 1. The summed E-state index contributed by atoms with van der Waals surface area (Å²) in [6.07, 6.45) is 3.38. The molecule has 1 saturated heterocycles. The summed E-state index contributed by atoms with van der Waals surface area (Å²) >= 11 is 5.92. The molecule has 25 heavy (non-hydrogen) atoms. The Hall–Kier alpha value is -1.10. The van der Waals surface area contributed by atoms with Crippen molar-refractivity contribution in [2.45, 2.75) is 45.6 Å². The number of hydrogen-bond acceptors (Lipinski definition) is 3. The molecule has 1 aromatic carbocycles. The first-order chi connectivity index (χ1) is 12.0. The Morgan fingerprint density at radius 3 is 2.28 bits per heavy atom. The van der Waals surface area contributed by atoms with Crippen molar-refractivity contribution in [3.05, 3.63) is 34.9 Å². The molecule has 0 saturated carbocycles. The first-order valence-electron chi connectivity index (χ1n) is 9.48. The lowest BCUT2D eigenvalue weighted by molar-refractivity contribution is -0.133. The zero-order valence-corrected chi connectivity index (χ0v) is 16.2. The van der Waals surface area contributed by atoms with Crippen LogP contribution in [0.3, 0.4) is 0 Å². The standard InChI is InChI=1S/C20H31ClN2O2/c1-3-11-23(12-4-2)19(24)15-22-13-9-17(10-14-22)20(25)16-5-7-18(21)8-6-16/h5-8,17,20,25H,3-4,9-15H2,1-2H3. The highest BCUT2D eigenvalue weighted by molar-refractivity contribution is 6.30. The smallest absolute Gasteiger partial charge is 0.236 e. The number of piperidine rings is 1. The lowest BCUT2D eigenvalue weighted by atomic mass is 9.87. The van der Waals surface area contributed by atoms with Crippen LogP contribution < -0.4 is 0 Å². The molecule has 0 bridgehead atoms. The number of rotatable bonds is 8. The third-order valence-electron chi connectivity index (χ3n) is 4.99. The van der Waals surface area contributed by atoms with Gasteiger partial charge in [-0.1, -0.05) is 37.6 Å². The van der Waals surface area contributed by atoms with Crippen LogP contribution in [0, 0.1) is 5.92 Å². The van der Waals surface area contributed by atoms with Crippen molar-refractivity contribution < 1.29 is 9.90 Å². The van der Waals surface area contributed by atoms with Crippen molar-refractivity contribution in [3.63, 3.8) is 0 Å². The molecule has 1 aliphatic heterocycles. The van der Waals surface area contributed by atoms with Crippen molar-refractivity contribution >= 4 is 17.5 Å². The number of aliphatic hydroxyl groups is 1. The van der Waals surface area contributed by atoms with Gasteiger partial charge in [-0.25, -0.2) is 0 Å². The number of carbonyl (C=O) groups is 1. The van der Waals surface area contributed by atoms with Crippen LogP contribution in [0.4, 0.5) is 0 Å². The van der Waals surface area contributed by atoms with Crippen LogP contribution in [-0.2, 0) is 4.79 Å². The Kier molecular flexibility index (Phi) is 8.20. The second kappa shape index (κ2) is 10.1. The summed E-state index contributed by atoms with van der Waals surface area (Å²) < 4.78 is 0. The highest BCUT2D eigenvalue weighted by atomic mass is 35.5. The fourth-order valence-electron chi connectivity index (χ4n) is 3.55. The van der Waals surface area contributed by atoms with Crippen molar-refractivity contribution in [2.75, 3.05) is 32.7 Å². The molecule has 1 fully saturated rings. The number of amides is 1. The van der Waals surface area contributed by atoms with Crippen LogP contribution in [0.2, 0.25) is 5.02 Å². The predicted molar refractivity (Wildman–Crippen MR) is 103 cm³/mol. The molecule has 1 atom stereocenters. The molecule has 4 nitrogen and oxygen atoms in total. The van der Waals surface area contributed by atoms with Crippen molar-refractivity contribution in [1.82, 2.24) is 9.80 Å². The molecule has 0 radical (unpaired) electrons. The van der Waals surface area contributed by atoms with Gasteiger partial charge < -0.3 is 10.0 Å². The van der Waals surface area contributed by atoms with Gasteiger partial charge in [-0.05, 0) is 62.4 Å². The van der Waals surface area contributed by atoms with Gasteiger partial charge in [-0.3, -0.25) is 9.69 Å². The van der Waals surface area contributed by atoms with E-state index in [1.165, 1.54) is 0 Å². The summed E-state index contributed by atoms with van der Waals surface area (Å²) in [6, 6.07) is 7.44. The van der Waals surface area contributed by atoms with E-state index < -0.39 is 6.10 Å². The monoisotopic (exact) mass is 366 g/mol. The van der Waals surface area contributed by atoms with E-state index in [0.29, 0.717) is 11.6 Å². The van der Waals surface area contributed by atoms with Crippen LogP contribution in [0.5, 0.6) is 0 Å². The number of hydrogen-bond donors (Lipinski definition) is 1. The van der Waals surface area contributed by atoms with Gasteiger partial charge >= 0.3 is 0 Å². The lowest BCUT2D eigenvalue weighted by Gasteiger charge is -2.35. The van der Waals surface area contributed by atoms with E-state index in [0.717, 1.165) is 57.4 Å². The first-order valence-corrected chi connectivity index (χ1v) is 9.86. The molecular formula is C20H31ClN2O2. The SMILES string of the molecule is CCCN(CCC)C(=O)CN1CCC(C(O)c2ccc(Cl)cc2)CC1. The molecule has 0 aliphatic carbocycles. The van der Waals surface area contributed by atoms with Crippen LogP contribution in [0.25, 0.3) is 0 Å². The number of carbonyl (C=O) groups excluding carboxylic acids is 1. The van der Waals surface area contributed by atoms with E-state index in [1.54, 1.807) is 0 Å². The summed E-state index contributed by atoms with van der Waals surface area (Å²) in [7, 11) is 0. The molecule has 1 heterocycles. The van der Waals surface area contributed by atoms with E-state index in [-0.39, 0.29) is 11.8 Å². The van der Waals surface area contributed by atoms with E-state index in [9.17, 15) is 9.90 Å². The molecule has 1 N–H and O–H groups in total. The largest absolute Gasteiger partial charge is 0.388 e. The molecule has 1 amide bonds. The van der Waals surface area contributed by atoms with Gasteiger partial charge in [-0.15, -0.1) is 0 Å². The minimum atomic E-state index is -0.452. The molecule has 5 heteroatoms. The molecule has 1 unspecified atom stereocenters. The van der Waals surface area contributed by atoms with E-state index >= 15 is 0 Å². The van der Waals surface area contributed by atoms with Crippen LogP contribution in [-0.4, -0.2) is 53.5 Å². The molecule has 2 rings (SSSR count). The third kappa shape index (κ3) is 5.98. The second-order valence-electron chi connectivity index (χ2n) is 6.99. The van der Waals surface area contributed by atoms with Gasteiger partial charge in [0.15, 0.2) is 0 Å². The highest BCUT2D eigenvalue weighted by Gasteiger charge is 2.27. The number of halogens is 1. The average molecular weight is 367 g/mol. The molecule has 0 spiro atoms. The minimum Gasteiger partial charge on any atom is -0.388 e. The molecule has 140 valence electrons. The second-order valence-corrected chi connectivity index (χ2v) is 7.43. The fourth-order valence-corrected chi connectivity index (χ4v) is 3.68. The molecule has 0 aromatic heterocycles. The van der Waals surface area contributed by atoms with Crippen LogP contribution in [0.15, 0.2) is 24.3 Å². The fraction of sp³-hybridized carbons (Fsp3) is 0.650. The van der Waals surface area contributed by atoms with Gasteiger partial charge in [0.05, 0.1) is 12.6 Å². The zero-order chi connectivity index (χ0) is 18.2. The van der Waals surface area contributed by atoms with Crippen molar-refractivity contribution in [2.24, 2.45) is 5.92 Å². The number of nitrogens with zero attached hydrogens (tertiary/aromatic N) is 2. The van der Waals surface area contributed by atoms with Gasteiger partial charge in [0.25, 0.3) is 0 Å². The first kappa shape index (κ1) is 20.2. The maximum absolute atomic E-state index is 12.5. The quantitative estimate of drug-likeness (QED) is 0.762. The minimum absolute atomic E-state index is 0.236. The van der Waals surface area contributed by atoms with E-state index in [1.807, 2.05) is 29.2 Å². The topological polar surface area (TPSA) is 43.8 Å². The number of likely N-dealkylation sites (tertiary alicyclic amines) is 1. The molecule has 1 aromatic rings. The Bertz CT molecular complexity index is 521. The van der Waals surface area contributed by atoms with E-state index in [4.69, 9.17) is 11.6 Å². The lowest BCUT2D eigenvalue weighted by Crippen LogP contribution is -2.44. The Balaban J connectivity index is 1.82. The van der Waals surface area contributed by atoms with Crippen molar-refractivity contribution in [1.29, 1.82) is 0 Å². The van der Waals surface area contributed by atoms with Crippen LogP contribution >= 0.6 is 11.6 Å². The number of aliphatic hydroxyl groups excluding tert-OH is 1. The predicted octanol–water partition coefficient (Wildman–Crippen LogP) is 3.73.